The quantitative estimate of drug-likeness (QED) is 0.713. The van der Waals surface area contributed by atoms with Crippen molar-refractivity contribution in [3.05, 3.63) is 70.4 Å². The minimum atomic E-state index is -4.33. The van der Waals surface area contributed by atoms with Gasteiger partial charge in [0, 0.05) is 42.7 Å². The molecule has 4 nitrogen and oxygen atoms in total. The highest BCUT2D eigenvalue weighted by molar-refractivity contribution is 5.95. The molecule has 1 aliphatic rings. The van der Waals surface area contributed by atoms with E-state index in [2.05, 4.69) is 9.88 Å². The van der Waals surface area contributed by atoms with Gasteiger partial charge in [0.15, 0.2) is 0 Å². The third kappa shape index (κ3) is 3.42. The topological polar surface area (TPSA) is 56.3 Å². The van der Waals surface area contributed by atoms with E-state index in [4.69, 9.17) is 0 Å². The predicted molar refractivity (Wildman–Crippen MR) is 94.5 cm³/mol. The van der Waals surface area contributed by atoms with Crippen molar-refractivity contribution in [1.82, 2.24) is 9.88 Å². The summed E-state index contributed by atoms with van der Waals surface area (Å²) in [5.74, 6) is -0.968. The smallest absolute Gasteiger partial charge is 0.416 e. The maximum atomic E-state index is 12.7. The van der Waals surface area contributed by atoms with Crippen LogP contribution in [-0.2, 0) is 25.7 Å². The van der Waals surface area contributed by atoms with Gasteiger partial charge in [-0.15, -0.1) is 0 Å². The van der Waals surface area contributed by atoms with Crippen LogP contribution in [0.1, 0.15) is 32.7 Å². The van der Waals surface area contributed by atoms with Crippen LogP contribution < -0.4 is 0 Å². The summed E-state index contributed by atoms with van der Waals surface area (Å²) >= 11 is 0. The Morgan fingerprint density at radius 1 is 1.15 bits per heavy atom. The fraction of sp³-hybridized carbons (Fsp3) is 0.250. The van der Waals surface area contributed by atoms with Crippen LogP contribution in [0.4, 0.5) is 13.2 Å². The molecule has 7 heteroatoms. The zero-order valence-electron chi connectivity index (χ0n) is 14.3. The number of halogens is 3. The number of carboxylic acids is 1. The number of hydrogen-bond donors (Lipinski definition) is 2. The maximum absolute atomic E-state index is 12.7. The molecule has 0 aliphatic carbocycles. The van der Waals surface area contributed by atoms with Crippen molar-refractivity contribution < 1.29 is 23.1 Å². The molecule has 0 unspecified atom stereocenters. The van der Waals surface area contributed by atoms with Gasteiger partial charge in [-0.05, 0) is 41.5 Å². The predicted octanol–water partition coefficient (Wildman–Crippen LogP) is 4.44. The number of alkyl halides is 3. The van der Waals surface area contributed by atoms with Crippen molar-refractivity contribution >= 4 is 16.9 Å². The normalized spacial score (nSPS) is 15.1. The molecule has 0 saturated heterocycles. The number of nitrogens with zero attached hydrogens (tertiary/aromatic N) is 1. The largest absolute Gasteiger partial charge is 0.478 e. The van der Waals surface area contributed by atoms with Crippen molar-refractivity contribution in [2.75, 3.05) is 6.54 Å². The Kier molecular flexibility index (Phi) is 4.19. The Morgan fingerprint density at radius 2 is 1.89 bits per heavy atom. The monoisotopic (exact) mass is 374 g/mol. The molecule has 4 rings (SSSR count). The Labute approximate surface area is 153 Å². The van der Waals surface area contributed by atoms with E-state index in [0.29, 0.717) is 13.1 Å². The lowest BCUT2D eigenvalue weighted by atomic mass is 10.0. The fourth-order valence-corrected chi connectivity index (χ4v) is 3.60. The third-order valence-corrected chi connectivity index (χ3v) is 4.99. The minimum Gasteiger partial charge on any atom is -0.478 e. The van der Waals surface area contributed by atoms with Gasteiger partial charge in [-0.25, -0.2) is 4.79 Å². The van der Waals surface area contributed by atoms with Crippen molar-refractivity contribution in [3.63, 3.8) is 0 Å². The van der Waals surface area contributed by atoms with Gasteiger partial charge in [0.25, 0.3) is 0 Å². The number of hydrogen-bond acceptors (Lipinski definition) is 2. The Hall–Kier alpha value is -2.80. The zero-order valence-corrected chi connectivity index (χ0v) is 14.3. The highest BCUT2D eigenvalue weighted by Crippen LogP contribution is 2.31. The average molecular weight is 374 g/mol. The number of fused-ring (bicyclic) bond motifs is 3. The van der Waals surface area contributed by atoms with E-state index in [-0.39, 0.29) is 5.56 Å². The van der Waals surface area contributed by atoms with Crippen LogP contribution in [0, 0.1) is 0 Å². The fourth-order valence-electron chi connectivity index (χ4n) is 3.60. The minimum absolute atomic E-state index is 0.240. The van der Waals surface area contributed by atoms with Gasteiger partial charge in [0.1, 0.15) is 0 Å². The highest BCUT2D eigenvalue weighted by atomic mass is 19.4. The molecule has 2 aromatic carbocycles. The Bertz CT molecular complexity index is 1010. The SMILES string of the molecule is O=C(O)c1ccc2[nH]c3c(c2c1)CN(Cc1ccc(C(F)(F)F)cc1)CC3. The summed E-state index contributed by atoms with van der Waals surface area (Å²) in [6, 6.07) is 10.3. The van der Waals surface area contributed by atoms with Gasteiger partial charge in [-0.1, -0.05) is 12.1 Å². The van der Waals surface area contributed by atoms with Crippen molar-refractivity contribution in [1.29, 1.82) is 0 Å². The van der Waals surface area contributed by atoms with Crippen LogP contribution in [0.15, 0.2) is 42.5 Å². The number of aromatic nitrogens is 1. The molecular formula is C20H17F3N2O2. The highest BCUT2D eigenvalue weighted by Gasteiger charge is 2.30. The Morgan fingerprint density at radius 3 is 2.56 bits per heavy atom. The molecule has 27 heavy (non-hydrogen) atoms. The second-order valence-corrected chi connectivity index (χ2v) is 6.80. The Balaban J connectivity index is 1.56. The van der Waals surface area contributed by atoms with Crippen LogP contribution in [0.25, 0.3) is 10.9 Å². The van der Waals surface area contributed by atoms with Crippen LogP contribution >= 0.6 is 0 Å². The van der Waals surface area contributed by atoms with Gasteiger partial charge in [-0.3, -0.25) is 4.90 Å². The first kappa shape index (κ1) is 17.6. The number of H-pyrrole nitrogens is 1. The summed E-state index contributed by atoms with van der Waals surface area (Å²) in [5, 5.41) is 10.1. The zero-order chi connectivity index (χ0) is 19.2. The summed E-state index contributed by atoms with van der Waals surface area (Å²) in [5.41, 5.74) is 3.47. The van der Waals surface area contributed by atoms with Gasteiger partial charge in [0.05, 0.1) is 11.1 Å². The van der Waals surface area contributed by atoms with Gasteiger partial charge >= 0.3 is 12.1 Å². The molecule has 0 atom stereocenters. The molecular weight excluding hydrogens is 357 g/mol. The van der Waals surface area contributed by atoms with Gasteiger partial charge in [-0.2, -0.15) is 13.2 Å². The molecule has 0 bridgehead atoms. The molecule has 0 amide bonds. The molecule has 1 aromatic heterocycles. The van der Waals surface area contributed by atoms with Crippen LogP contribution in [0.3, 0.4) is 0 Å². The van der Waals surface area contributed by atoms with E-state index >= 15 is 0 Å². The van der Waals surface area contributed by atoms with E-state index in [0.717, 1.165) is 52.8 Å². The summed E-state index contributed by atoms with van der Waals surface area (Å²) in [4.78, 5) is 16.7. The number of carbonyl (C=O) groups is 1. The third-order valence-electron chi connectivity index (χ3n) is 4.99. The van der Waals surface area contributed by atoms with E-state index in [1.807, 2.05) is 0 Å². The number of aromatic amines is 1. The molecule has 0 fully saturated rings. The van der Waals surface area contributed by atoms with Crippen LogP contribution in [-0.4, -0.2) is 27.5 Å². The van der Waals surface area contributed by atoms with Crippen molar-refractivity contribution in [2.45, 2.75) is 25.7 Å². The lowest BCUT2D eigenvalue weighted by Crippen LogP contribution is -2.29. The number of rotatable bonds is 3. The van der Waals surface area contributed by atoms with Crippen molar-refractivity contribution in [2.24, 2.45) is 0 Å². The molecule has 1 aliphatic heterocycles. The van der Waals surface area contributed by atoms with E-state index in [1.165, 1.54) is 12.1 Å². The van der Waals surface area contributed by atoms with Crippen molar-refractivity contribution in [3.8, 4) is 0 Å². The number of carboxylic acid groups (broad SMARTS) is 1. The molecule has 3 aromatic rings. The van der Waals surface area contributed by atoms with Crippen LogP contribution in [0.2, 0.25) is 0 Å². The first-order chi connectivity index (χ1) is 12.8. The first-order valence-corrected chi connectivity index (χ1v) is 8.56. The second-order valence-electron chi connectivity index (χ2n) is 6.80. The van der Waals surface area contributed by atoms with E-state index in [1.54, 1.807) is 18.2 Å². The average Bonchev–Trinajstić information content (AvgIpc) is 2.98. The number of benzene rings is 2. The standard InChI is InChI=1S/C20H17F3N2O2/c21-20(22,23)14-4-1-12(2-5-14)10-25-8-7-18-16(11-25)15-9-13(19(26)27)3-6-17(15)24-18/h1-6,9,24H,7-8,10-11H2,(H,26,27). The lowest BCUT2D eigenvalue weighted by Gasteiger charge is -2.27. The number of nitrogens with one attached hydrogen (secondary N) is 1. The molecule has 2 N–H and O–H groups in total. The summed E-state index contributed by atoms with van der Waals surface area (Å²) < 4.78 is 38.1. The summed E-state index contributed by atoms with van der Waals surface area (Å²) in [7, 11) is 0. The maximum Gasteiger partial charge on any atom is 0.416 e. The van der Waals surface area contributed by atoms with Crippen LogP contribution in [0.5, 0.6) is 0 Å². The lowest BCUT2D eigenvalue weighted by molar-refractivity contribution is -0.137. The van der Waals surface area contributed by atoms with Gasteiger partial charge in [0.2, 0.25) is 0 Å². The second kappa shape index (κ2) is 6.42. The van der Waals surface area contributed by atoms with E-state index in [9.17, 15) is 23.1 Å². The van der Waals surface area contributed by atoms with E-state index < -0.39 is 17.7 Å². The number of aromatic carboxylic acids is 1. The van der Waals surface area contributed by atoms with Gasteiger partial charge < -0.3 is 10.1 Å². The summed E-state index contributed by atoms with van der Waals surface area (Å²) in [6.45, 7) is 1.95. The molecule has 0 saturated carbocycles. The first-order valence-electron chi connectivity index (χ1n) is 8.56. The molecule has 140 valence electrons. The molecule has 2 heterocycles. The molecule has 0 radical (unpaired) electrons. The summed E-state index contributed by atoms with van der Waals surface area (Å²) in [6.07, 6.45) is -3.54. The molecule has 0 spiro atoms.